The Hall–Kier alpha value is -2.17. The zero-order valence-corrected chi connectivity index (χ0v) is 10.6. The minimum atomic E-state index is -0.485. The lowest BCUT2D eigenvalue weighted by molar-refractivity contribution is -0.135. The van der Waals surface area contributed by atoms with Gasteiger partial charge in [-0.2, -0.15) is 0 Å². The molecule has 0 bridgehead atoms. The highest BCUT2D eigenvalue weighted by molar-refractivity contribution is 7.14. The summed E-state index contributed by atoms with van der Waals surface area (Å²) in [5, 5.41) is 10.7. The molecule has 2 heterocycles. The molecule has 1 aliphatic rings. The standard InChI is InChI=1S/C12H10N2O4S/c15-5-1-2-8-3-4-9(19-8)12(18)14-6-10(16)13-11(17)7-14/h3-4,15H,5-7H2,(H,13,16,17). The number of aliphatic hydroxyl groups excluding tert-OH is 1. The maximum Gasteiger partial charge on any atom is 0.264 e. The van der Waals surface area contributed by atoms with Gasteiger partial charge in [-0.25, -0.2) is 0 Å². The minimum absolute atomic E-state index is 0.125. The molecule has 0 saturated carbocycles. The van der Waals surface area contributed by atoms with Crippen LogP contribution in [0, 0.1) is 11.8 Å². The third-order valence-electron chi connectivity index (χ3n) is 2.34. The molecule has 0 radical (unpaired) electrons. The van der Waals surface area contributed by atoms with Crippen LogP contribution in [0.1, 0.15) is 14.5 Å². The van der Waals surface area contributed by atoms with Gasteiger partial charge in [0.2, 0.25) is 11.8 Å². The first-order valence-electron chi connectivity index (χ1n) is 5.41. The number of imide groups is 1. The Labute approximate surface area is 113 Å². The van der Waals surface area contributed by atoms with E-state index in [-0.39, 0.29) is 25.6 Å². The molecule has 0 atom stereocenters. The van der Waals surface area contributed by atoms with Crippen molar-refractivity contribution in [2.24, 2.45) is 0 Å². The van der Waals surface area contributed by atoms with Gasteiger partial charge in [0.25, 0.3) is 5.91 Å². The van der Waals surface area contributed by atoms with Gasteiger partial charge in [0.1, 0.15) is 19.7 Å². The molecule has 0 unspecified atom stereocenters. The topological polar surface area (TPSA) is 86.7 Å². The average Bonchev–Trinajstić information content (AvgIpc) is 2.83. The monoisotopic (exact) mass is 278 g/mol. The molecule has 19 heavy (non-hydrogen) atoms. The van der Waals surface area contributed by atoms with Gasteiger partial charge in [-0.15, -0.1) is 11.3 Å². The predicted molar refractivity (Wildman–Crippen MR) is 67.3 cm³/mol. The van der Waals surface area contributed by atoms with E-state index in [0.29, 0.717) is 9.75 Å². The highest BCUT2D eigenvalue weighted by atomic mass is 32.1. The van der Waals surface area contributed by atoms with Gasteiger partial charge in [-0.05, 0) is 12.1 Å². The summed E-state index contributed by atoms with van der Waals surface area (Å²) in [5.41, 5.74) is 0. The quantitative estimate of drug-likeness (QED) is 0.519. The van der Waals surface area contributed by atoms with E-state index >= 15 is 0 Å². The van der Waals surface area contributed by atoms with Crippen LogP contribution in [-0.2, 0) is 9.59 Å². The van der Waals surface area contributed by atoms with Crippen LogP contribution in [0.25, 0.3) is 0 Å². The van der Waals surface area contributed by atoms with Gasteiger partial charge < -0.3 is 10.0 Å². The van der Waals surface area contributed by atoms with E-state index in [2.05, 4.69) is 17.2 Å². The summed E-state index contributed by atoms with van der Waals surface area (Å²) in [6.07, 6.45) is 0. The van der Waals surface area contributed by atoms with Gasteiger partial charge in [0, 0.05) is 0 Å². The summed E-state index contributed by atoms with van der Waals surface area (Å²) >= 11 is 1.16. The number of nitrogens with zero attached hydrogens (tertiary/aromatic N) is 1. The second-order valence-electron chi connectivity index (χ2n) is 3.76. The number of carbonyl (C=O) groups is 3. The normalized spacial score (nSPS) is 14.7. The summed E-state index contributed by atoms with van der Waals surface area (Å²) in [7, 11) is 0. The summed E-state index contributed by atoms with van der Waals surface area (Å²) < 4.78 is 0. The van der Waals surface area contributed by atoms with Crippen molar-refractivity contribution >= 4 is 29.1 Å². The van der Waals surface area contributed by atoms with Crippen LogP contribution in [0.5, 0.6) is 0 Å². The number of piperazine rings is 1. The largest absolute Gasteiger partial charge is 0.384 e. The molecule has 1 fully saturated rings. The molecule has 98 valence electrons. The molecule has 0 aromatic carbocycles. The Morgan fingerprint density at radius 3 is 2.68 bits per heavy atom. The summed E-state index contributed by atoms with van der Waals surface area (Å²) in [5.74, 6) is 3.84. The van der Waals surface area contributed by atoms with Crippen LogP contribution in [0.2, 0.25) is 0 Å². The Kier molecular flexibility index (Phi) is 3.94. The highest BCUT2D eigenvalue weighted by Crippen LogP contribution is 2.18. The smallest absolute Gasteiger partial charge is 0.264 e. The first-order chi connectivity index (χ1) is 9.10. The summed E-state index contributed by atoms with van der Waals surface area (Å²) in [6, 6.07) is 3.25. The van der Waals surface area contributed by atoms with E-state index in [4.69, 9.17) is 5.11 Å². The van der Waals surface area contributed by atoms with E-state index in [1.54, 1.807) is 12.1 Å². The Morgan fingerprint density at radius 2 is 2.05 bits per heavy atom. The third-order valence-corrected chi connectivity index (χ3v) is 3.33. The third kappa shape index (κ3) is 3.19. The SMILES string of the molecule is O=C1CN(C(=O)c2ccc(C#CCO)s2)CC(=O)N1. The summed E-state index contributed by atoms with van der Waals surface area (Å²) in [6.45, 7) is -0.498. The number of hydrogen-bond acceptors (Lipinski definition) is 5. The molecular weight excluding hydrogens is 268 g/mol. The van der Waals surface area contributed by atoms with E-state index in [1.807, 2.05) is 0 Å². The number of amides is 3. The fraction of sp³-hybridized carbons (Fsp3) is 0.250. The molecule has 6 nitrogen and oxygen atoms in total. The molecule has 3 amide bonds. The molecule has 0 spiro atoms. The Balaban J connectivity index is 2.13. The molecule has 1 aromatic heterocycles. The molecule has 1 saturated heterocycles. The number of thiophene rings is 1. The van der Waals surface area contributed by atoms with Crippen molar-refractivity contribution in [2.45, 2.75) is 0 Å². The molecule has 2 N–H and O–H groups in total. The van der Waals surface area contributed by atoms with Crippen molar-refractivity contribution in [1.82, 2.24) is 10.2 Å². The lowest BCUT2D eigenvalue weighted by Gasteiger charge is -2.24. The van der Waals surface area contributed by atoms with Crippen LogP contribution in [-0.4, -0.2) is 47.4 Å². The Morgan fingerprint density at radius 1 is 1.37 bits per heavy atom. The molecule has 1 aromatic rings. The number of aliphatic hydroxyl groups is 1. The van der Waals surface area contributed by atoms with Gasteiger partial charge >= 0.3 is 0 Å². The van der Waals surface area contributed by atoms with Crippen molar-refractivity contribution in [3.05, 3.63) is 21.9 Å². The lowest BCUT2D eigenvalue weighted by atomic mass is 10.3. The molecular formula is C12H10N2O4S. The zero-order valence-electron chi connectivity index (χ0n) is 9.80. The van der Waals surface area contributed by atoms with Crippen LogP contribution < -0.4 is 5.32 Å². The van der Waals surface area contributed by atoms with Crippen molar-refractivity contribution < 1.29 is 19.5 Å². The van der Waals surface area contributed by atoms with E-state index < -0.39 is 11.8 Å². The molecule has 7 heteroatoms. The van der Waals surface area contributed by atoms with Crippen molar-refractivity contribution in [1.29, 1.82) is 0 Å². The van der Waals surface area contributed by atoms with E-state index in [0.717, 1.165) is 11.3 Å². The fourth-order valence-corrected chi connectivity index (χ4v) is 2.43. The van der Waals surface area contributed by atoms with Crippen LogP contribution in [0.3, 0.4) is 0 Å². The maximum absolute atomic E-state index is 12.1. The van der Waals surface area contributed by atoms with Crippen molar-refractivity contribution in [3.63, 3.8) is 0 Å². The number of hydrogen-bond donors (Lipinski definition) is 2. The van der Waals surface area contributed by atoms with E-state index in [9.17, 15) is 14.4 Å². The van der Waals surface area contributed by atoms with Crippen LogP contribution in [0.4, 0.5) is 0 Å². The van der Waals surface area contributed by atoms with Crippen molar-refractivity contribution in [3.8, 4) is 11.8 Å². The number of rotatable bonds is 1. The average molecular weight is 278 g/mol. The van der Waals surface area contributed by atoms with E-state index in [1.165, 1.54) is 4.90 Å². The molecule has 0 aliphatic carbocycles. The highest BCUT2D eigenvalue weighted by Gasteiger charge is 2.27. The fourth-order valence-electron chi connectivity index (χ4n) is 1.58. The van der Waals surface area contributed by atoms with Gasteiger partial charge in [0.15, 0.2) is 0 Å². The van der Waals surface area contributed by atoms with Crippen molar-refractivity contribution in [2.75, 3.05) is 19.7 Å². The molecule has 1 aliphatic heterocycles. The van der Waals surface area contributed by atoms with Gasteiger partial charge in [0.05, 0.1) is 9.75 Å². The minimum Gasteiger partial charge on any atom is -0.384 e. The molecule has 2 rings (SSSR count). The number of carbonyl (C=O) groups excluding carboxylic acids is 3. The van der Waals surface area contributed by atoms with Crippen LogP contribution >= 0.6 is 11.3 Å². The maximum atomic E-state index is 12.1. The second kappa shape index (κ2) is 5.65. The summed E-state index contributed by atoms with van der Waals surface area (Å²) in [4.78, 5) is 36.7. The lowest BCUT2D eigenvalue weighted by Crippen LogP contribution is -2.53. The second-order valence-corrected chi connectivity index (χ2v) is 4.84. The Bertz CT molecular complexity index is 580. The predicted octanol–water partition coefficient (Wildman–Crippen LogP) is -0.809. The zero-order chi connectivity index (χ0) is 13.8. The van der Waals surface area contributed by atoms with Crippen LogP contribution in [0.15, 0.2) is 12.1 Å². The first kappa shape index (κ1) is 13.3. The first-order valence-corrected chi connectivity index (χ1v) is 6.23. The van der Waals surface area contributed by atoms with Gasteiger partial charge in [-0.1, -0.05) is 11.8 Å². The van der Waals surface area contributed by atoms with Gasteiger partial charge in [-0.3, -0.25) is 19.7 Å². The number of nitrogens with one attached hydrogen (secondary N) is 1.